The minimum absolute atomic E-state index is 0.00521. The molecular formula is C40H52FN5O7. The molecule has 2 fully saturated rings. The zero-order valence-corrected chi connectivity index (χ0v) is 30.8. The fourth-order valence-electron chi connectivity index (χ4n) is 7.66. The van der Waals surface area contributed by atoms with Crippen LogP contribution < -0.4 is 16.0 Å². The van der Waals surface area contributed by atoms with Gasteiger partial charge in [0.2, 0.25) is 29.2 Å². The third-order valence-corrected chi connectivity index (χ3v) is 10.6. The Balaban J connectivity index is 1.11. The minimum atomic E-state index is -1.56. The lowest BCUT2D eigenvalue weighted by molar-refractivity contribution is -0.143. The Morgan fingerprint density at radius 2 is 1.68 bits per heavy atom. The Labute approximate surface area is 310 Å². The van der Waals surface area contributed by atoms with Gasteiger partial charge >= 0.3 is 6.09 Å². The molecule has 1 aliphatic heterocycles. The van der Waals surface area contributed by atoms with Gasteiger partial charge in [-0.15, -0.1) is 0 Å². The number of nitrogens with one attached hydrogen (secondary N) is 3. The summed E-state index contributed by atoms with van der Waals surface area (Å²) in [7, 11) is 0. The van der Waals surface area contributed by atoms with E-state index >= 15 is 0 Å². The van der Waals surface area contributed by atoms with Crippen molar-refractivity contribution in [3.8, 4) is 0 Å². The largest absolute Gasteiger partial charge is 0.427 e. The SMILES string of the molecule is CC(=O)Nc1ccc2c(c1)CC[C@@]21OC(=O)N(CC(=O)N(Cc2ccc(F)cc2)[C@@H](C)CNC(=O)CCCNC(=O)CCCCCC2CCCC2)C1=O. The van der Waals surface area contributed by atoms with Crippen LogP contribution in [0.4, 0.5) is 14.9 Å². The van der Waals surface area contributed by atoms with Crippen molar-refractivity contribution in [3.05, 3.63) is 65.0 Å². The number of ether oxygens (including phenoxy) is 1. The van der Waals surface area contributed by atoms with Gasteiger partial charge < -0.3 is 25.6 Å². The molecule has 3 aliphatic rings. The molecule has 0 bridgehead atoms. The molecule has 1 saturated heterocycles. The Hall–Kier alpha value is -4.81. The number of nitrogens with zero attached hydrogens (tertiary/aromatic N) is 2. The first-order chi connectivity index (χ1) is 25.4. The topological polar surface area (TPSA) is 154 Å². The van der Waals surface area contributed by atoms with E-state index in [1.807, 2.05) is 0 Å². The van der Waals surface area contributed by atoms with E-state index in [-0.39, 0.29) is 43.7 Å². The van der Waals surface area contributed by atoms with E-state index in [1.165, 1.54) is 62.5 Å². The van der Waals surface area contributed by atoms with Crippen LogP contribution in [0.3, 0.4) is 0 Å². The summed E-state index contributed by atoms with van der Waals surface area (Å²) in [6.45, 7) is 3.07. The van der Waals surface area contributed by atoms with Crippen molar-refractivity contribution in [2.24, 2.45) is 5.92 Å². The number of fused-ring (bicyclic) bond motifs is 2. The monoisotopic (exact) mass is 733 g/mol. The molecule has 1 spiro atoms. The standard InChI is InChI=1S/C40H52FN5O7/c1-27(24-43-36(49)13-8-22-42-35(48)12-5-3-4-9-29-10-6-7-11-29)45(25-30-14-16-32(41)17-15-30)37(50)26-46-38(51)40(53-39(46)52)21-20-31-23-33(44-28(2)47)18-19-34(31)40/h14-19,23,27,29H,3-13,20-22,24-26H2,1-2H3,(H,42,48)(H,43,49)(H,44,47)/t27-,40+/m0/s1. The Morgan fingerprint density at radius 3 is 2.42 bits per heavy atom. The number of amides is 6. The van der Waals surface area contributed by atoms with Gasteiger partial charge in [0.15, 0.2) is 0 Å². The molecule has 2 aromatic carbocycles. The number of benzene rings is 2. The van der Waals surface area contributed by atoms with Crippen molar-refractivity contribution < 1.29 is 37.9 Å². The maximum atomic E-state index is 13.8. The van der Waals surface area contributed by atoms with Crippen LogP contribution in [0.2, 0.25) is 0 Å². The Kier molecular flexibility index (Phi) is 13.6. The summed E-state index contributed by atoms with van der Waals surface area (Å²) in [5.41, 5.74) is 0.899. The molecule has 2 aromatic rings. The summed E-state index contributed by atoms with van der Waals surface area (Å²) in [4.78, 5) is 79.5. The zero-order valence-electron chi connectivity index (χ0n) is 30.8. The van der Waals surface area contributed by atoms with E-state index in [0.717, 1.165) is 29.2 Å². The van der Waals surface area contributed by atoms with E-state index in [0.29, 0.717) is 42.6 Å². The summed E-state index contributed by atoms with van der Waals surface area (Å²) in [5.74, 6) is -1.25. The summed E-state index contributed by atoms with van der Waals surface area (Å²) in [6, 6.07) is 10.1. The van der Waals surface area contributed by atoms with E-state index in [1.54, 1.807) is 37.3 Å². The first-order valence-electron chi connectivity index (χ1n) is 19.0. The van der Waals surface area contributed by atoms with Gasteiger partial charge in [-0.2, -0.15) is 0 Å². The molecule has 1 heterocycles. The molecule has 12 nitrogen and oxygen atoms in total. The molecule has 2 aliphatic carbocycles. The van der Waals surface area contributed by atoms with Gasteiger partial charge in [-0.3, -0.25) is 24.0 Å². The molecular weight excluding hydrogens is 681 g/mol. The highest BCUT2D eigenvalue weighted by molar-refractivity contribution is 6.06. The molecule has 5 rings (SSSR count). The van der Waals surface area contributed by atoms with E-state index in [9.17, 15) is 33.2 Å². The zero-order chi connectivity index (χ0) is 38.0. The lowest BCUT2D eigenvalue weighted by Crippen LogP contribution is -2.50. The molecule has 6 amide bonds. The van der Waals surface area contributed by atoms with Crippen LogP contribution in [-0.4, -0.2) is 71.1 Å². The number of anilines is 1. The summed E-state index contributed by atoms with van der Waals surface area (Å²) < 4.78 is 19.4. The first kappa shape index (κ1) is 39.4. The normalized spacial score (nSPS) is 18.5. The fourth-order valence-corrected chi connectivity index (χ4v) is 7.66. The average Bonchev–Trinajstić information content (AvgIpc) is 3.84. The number of carbonyl (C=O) groups excluding carboxylic acids is 6. The lowest BCUT2D eigenvalue weighted by Gasteiger charge is -2.31. The number of rotatable bonds is 18. The molecule has 0 unspecified atom stereocenters. The number of imide groups is 1. The van der Waals surface area contributed by atoms with Gasteiger partial charge in [0, 0.05) is 63.1 Å². The maximum Gasteiger partial charge on any atom is 0.418 e. The third kappa shape index (κ3) is 10.4. The average molecular weight is 734 g/mol. The Bertz CT molecular complexity index is 1660. The number of unbranched alkanes of at least 4 members (excludes halogenated alkanes) is 2. The van der Waals surface area contributed by atoms with Crippen LogP contribution in [0.1, 0.15) is 108 Å². The molecule has 286 valence electrons. The smallest absolute Gasteiger partial charge is 0.418 e. The summed E-state index contributed by atoms with van der Waals surface area (Å²) in [6.07, 6.45) is 10.6. The van der Waals surface area contributed by atoms with Crippen LogP contribution in [0.15, 0.2) is 42.5 Å². The number of halogens is 1. The van der Waals surface area contributed by atoms with Crippen molar-refractivity contribution in [3.63, 3.8) is 0 Å². The highest BCUT2D eigenvalue weighted by Crippen LogP contribution is 2.46. The molecule has 3 N–H and O–H groups in total. The van der Waals surface area contributed by atoms with Crippen LogP contribution in [0.5, 0.6) is 0 Å². The lowest BCUT2D eigenvalue weighted by atomic mass is 9.94. The van der Waals surface area contributed by atoms with E-state index < -0.39 is 41.9 Å². The first-order valence-corrected chi connectivity index (χ1v) is 19.0. The molecule has 2 atom stereocenters. The second kappa shape index (κ2) is 18.3. The highest BCUT2D eigenvalue weighted by Gasteiger charge is 2.58. The van der Waals surface area contributed by atoms with Gasteiger partial charge in [0.25, 0.3) is 5.91 Å². The van der Waals surface area contributed by atoms with Crippen LogP contribution in [0.25, 0.3) is 0 Å². The second-order valence-corrected chi connectivity index (χ2v) is 14.6. The number of aryl methyl sites for hydroxylation is 1. The quantitative estimate of drug-likeness (QED) is 0.172. The van der Waals surface area contributed by atoms with Crippen molar-refractivity contribution in [1.82, 2.24) is 20.4 Å². The predicted molar refractivity (Wildman–Crippen MR) is 196 cm³/mol. The van der Waals surface area contributed by atoms with Crippen molar-refractivity contribution in [2.45, 2.75) is 116 Å². The highest BCUT2D eigenvalue weighted by atomic mass is 19.1. The van der Waals surface area contributed by atoms with Crippen LogP contribution in [0, 0.1) is 11.7 Å². The number of hydrogen-bond donors (Lipinski definition) is 3. The minimum Gasteiger partial charge on any atom is -0.427 e. The number of carbonyl (C=O) groups is 6. The van der Waals surface area contributed by atoms with Crippen molar-refractivity contribution in [2.75, 3.05) is 25.0 Å². The maximum absolute atomic E-state index is 13.8. The molecule has 0 aromatic heterocycles. The third-order valence-electron chi connectivity index (χ3n) is 10.6. The van der Waals surface area contributed by atoms with Crippen LogP contribution >= 0.6 is 0 Å². The van der Waals surface area contributed by atoms with Gasteiger partial charge in [-0.25, -0.2) is 14.1 Å². The summed E-state index contributed by atoms with van der Waals surface area (Å²) in [5, 5.41) is 8.45. The fraction of sp³-hybridized carbons (Fsp3) is 0.550. The molecule has 13 heteroatoms. The molecule has 53 heavy (non-hydrogen) atoms. The van der Waals surface area contributed by atoms with Gasteiger partial charge in [-0.1, -0.05) is 63.1 Å². The Morgan fingerprint density at radius 1 is 0.962 bits per heavy atom. The van der Waals surface area contributed by atoms with E-state index in [2.05, 4.69) is 16.0 Å². The molecule has 1 saturated carbocycles. The van der Waals surface area contributed by atoms with E-state index in [4.69, 9.17) is 4.74 Å². The predicted octanol–water partition coefficient (Wildman–Crippen LogP) is 5.48. The second-order valence-electron chi connectivity index (χ2n) is 14.6. The van der Waals surface area contributed by atoms with Gasteiger partial charge in [0.05, 0.1) is 0 Å². The van der Waals surface area contributed by atoms with Gasteiger partial charge in [0.1, 0.15) is 12.4 Å². The van der Waals surface area contributed by atoms with Crippen molar-refractivity contribution in [1.29, 1.82) is 0 Å². The number of hydrogen-bond acceptors (Lipinski definition) is 7. The summed E-state index contributed by atoms with van der Waals surface area (Å²) >= 11 is 0. The van der Waals surface area contributed by atoms with Gasteiger partial charge in [-0.05, 0) is 67.5 Å². The van der Waals surface area contributed by atoms with Crippen LogP contribution in [-0.2, 0) is 47.3 Å². The van der Waals surface area contributed by atoms with Crippen molar-refractivity contribution >= 4 is 41.3 Å². The molecule has 0 radical (unpaired) electrons.